The standard InChI is InChI=1S/C12H22N2O3S/c1-17-12(16)5-3-7-18-10-4-2-6-14(9-10)11(15)8-13/h10H,2-9,13H2,1H3. The van der Waals surface area contributed by atoms with E-state index >= 15 is 0 Å². The van der Waals surface area contributed by atoms with Crippen molar-refractivity contribution in [3.8, 4) is 0 Å². The van der Waals surface area contributed by atoms with Crippen LogP contribution in [-0.2, 0) is 14.3 Å². The second-order valence-electron chi connectivity index (χ2n) is 4.36. The van der Waals surface area contributed by atoms with Crippen LogP contribution in [0.5, 0.6) is 0 Å². The summed E-state index contributed by atoms with van der Waals surface area (Å²) in [5.74, 6) is 0.818. The predicted octanol–water partition coefficient (Wildman–Crippen LogP) is 0.623. The molecular weight excluding hydrogens is 252 g/mol. The number of likely N-dealkylation sites (tertiary alicyclic amines) is 1. The molecule has 0 radical (unpaired) electrons. The fourth-order valence-electron chi connectivity index (χ4n) is 2.00. The average Bonchev–Trinajstić information content (AvgIpc) is 2.42. The van der Waals surface area contributed by atoms with Gasteiger partial charge in [0.2, 0.25) is 5.91 Å². The molecule has 104 valence electrons. The molecule has 0 aromatic heterocycles. The number of methoxy groups -OCH3 is 1. The van der Waals surface area contributed by atoms with E-state index in [0.29, 0.717) is 11.7 Å². The Morgan fingerprint density at radius 1 is 1.50 bits per heavy atom. The molecule has 1 rings (SSSR count). The Bertz CT molecular complexity index is 286. The Morgan fingerprint density at radius 3 is 2.94 bits per heavy atom. The van der Waals surface area contributed by atoms with Gasteiger partial charge in [0.15, 0.2) is 0 Å². The second kappa shape index (κ2) is 8.37. The zero-order valence-electron chi connectivity index (χ0n) is 10.9. The van der Waals surface area contributed by atoms with Crippen molar-refractivity contribution in [3.05, 3.63) is 0 Å². The first-order valence-electron chi connectivity index (χ1n) is 6.33. The molecule has 18 heavy (non-hydrogen) atoms. The van der Waals surface area contributed by atoms with Crippen LogP contribution in [0.2, 0.25) is 0 Å². The summed E-state index contributed by atoms with van der Waals surface area (Å²) in [4.78, 5) is 24.3. The Morgan fingerprint density at radius 2 is 2.28 bits per heavy atom. The van der Waals surface area contributed by atoms with Gasteiger partial charge in [0, 0.05) is 24.8 Å². The van der Waals surface area contributed by atoms with Crippen molar-refractivity contribution in [2.24, 2.45) is 5.73 Å². The molecule has 2 N–H and O–H groups in total. The highest BCUT2D eigenvalue weighted by Crippen LogP contribution is 2.23. The number of nitrogens with two attached hydrogens (primary N) is 1. The molecule has 1 unspecified atom stereocenters. The summed E-state index contributed by atoms with van der Waals surface area (Å²) in [6.45, 7) is 1.72. The van der Waals surface area contributed by atoms with Crippen molar-refractivity contribution < 1.29 is 14.3 Å². The van der Waals surface area contributed by atoms with Crippen LogP contribution < -0.4 is 5.73 Å². The first-order chi connectivity index (χ1) is 8.67. The summed E-state index contributed by atoms with van der Waals surface area (Å²) < 4.78 is 4.59. The van der Waals surface area contributed by atoms with Gasteiger partial charge >= 0.3 is 5.97 Å². The number of carbonyl (C=O) groups excluding carboxylic acids is 2. The number of carbonyl (C=O) groups is 2. The first kappa shape index (κ1) is 15.3. The lowest BCUT2D eigenvalue weighted by molar-refractivity contribution is -0.140. The molecule has 1 aliphatic rings. The third kappa shape index (κ3) is 5.27. The third-order valence-corrected chi connectivity index (χ3v) is 4.39. The van der Waals surface area contributed by atoms with Gasteiger partial charge in [-0.2, -0.15) is 11.8 Å². The van der Waals surface area contributed by atoms with Crippen LogP contribution in [0.4, 0.5) is 0 Å². The quantitative estimate of drug-likeness (QED) is 0.568. The van der Waals surface area contributed by atoms with Gasteiger partial charge in [0.05, 0.1) is 13.7 Å². The SMILES string of the molecule is COC(=O)CCCSC1CCCN(C(=O)CN)C1. The monoisotopic (exact) mass is 274 g/mol. The molecule has 1 amide bonds. The average molecular weight is 274 g/mol. The van der Waals surface area contributed by atoms with Crippen LogP contribution in [0.15, 0.2) is 0 Å². The van der Waals surface area contributed by atoms with Gasteiger partial charge in [-0.15, -0.1) is 0 Å². The van der Waals surface area contributed by atoms with Crippen LogP contribution in [0.1, 0.15) is 25.7 Å². The fourth-order valence-corrected chi connectivity index (χ4v) is 3.26. The van der Waals surface area contributed by atoms with E-state index in [1.54, 1.807) is 0 Å². The summed E-state index contributed by atoms with van der Waals surface area (Å²) in [5, 5.41) is 0.479. The largest absolute Gasteiger partial charge is 0.469 e. The summed E-state index contributed by atoms with van der Waals surface area (Å²) in [6, 6.07) is 0. The highest BCUT2D eigenvalue weighted by atomic mass is 32.2. The van der Waals surface area contributed by atoms with Gasteiger partial charge in [0.25, 0.3) is 0 Å². The van der Waals surface area contributed by atoms with Crippen LogP contribution in [-0.4, -0.2) is 54.5 Å². The van der Waals surface area contributed by atoms with E-state index in [9.17, 15) is 9.59 Å². The van der Waals surface area contributed by atoms with E-state index in [1.165, 1.54) is 7.11 Å². The van der Waals surface area contributed by atoms with Crippen LogP contribution in [0, 0.1) is 0 Å². The minimum Gasteiger partial charge on any atom is -0.469 e. The van der Waals surface area contributed by atoms with Crippen LogP contribution in [0.25, 0.3) is 0 Å². The third-order valence-electron chi connectivity index (χ3n) is 3.01. The molecule has 1 aliphatic heterocycles. The lowest BCUT2D eigenvalue weighted by Gasteiger charge is -2.32. The number of esters is 1. The zero-order chi connectivity index (χ0) is 13.4. The van der Waals surface area contributed by atoms with Gasteiger partial charge in [0.1, 0.15) is 0 Å². The van der Waals surface area contributed by atoms with Crippen LogP contribution >= 0.6 is 11.8 Å². The second-order valence-corrected chi connectivity index (χ2v) is 5.77. The van der Waals surface area contributed by atoms with Gasteiger partial charge in [-0.1, -0.05) is 0 Å². The minimum atomic E-state index is -0.154. The van der Waals surface area contributed by atoms with Crippen LogP contribution in [0.3, 0.4) is 0 Å². The molecule has 0 aromatic carbocycles. The topological polar surface area (TPSA) is 72.6 Å². The van der Waals surface area contributed by atoms with E-state index in [2.05, 4.69) is 4.74 Å². The minimum absolute atomic E-state index is 0.0369. The Hall–Kier alpha value is -0.750. The smallest absolute Gasteiger partial charge is 0.305 e. The number of amides is 1. The Balaban J connectivity index is 2.18. The van der Waals surface area contributed by atoms with E-state index in [4.69, 9.17) is 5.73 Å². The Labute approximate surface area is 112 Å². The van der Waals surface area contributed by atoms with Gasteiger partial charge < -0.3 is 15.4 Å². The van der Waals surface area contributed by atoms with Crippen molar-refractivity contribution in [1.82, 2.24) is 4.90 Å². The fraction of sp³-hybridized carbons (Fsp3) is 0.833. The van der Waals surface area contributed by atoms with E-state index in [0.717, 1.165) is 38.1 Å². The predicted molar refractivity (Wildman–Crippen MR) is 72.4 cm³/mol. The maximum atomic E-state index is 11.5. The normalized spacial score (nSPS) is 19.7. The van der Waals surface area contributed by atoms with Crippen molar-refractivity contribution in [1.29, 1.82) is 0 Å². The van der Waals surface area contributed by atoms with E-state index in [1.807, 2.05) is 16.7 Å². The van der Waals surface area contributed by atoms with E-state index < -0.39 is 0 Å². The highest BCUT2D eigenvalue weighted by Gasteiger charge is 2.22. The zero-order valence-corrected chi connectivity index (χ0v) is 11.7. The molecule has 0 spiro atoms. The molecule has 0 bridgehead atoms. The number of rotatable bonds is 6. The molecule has 1 atom stereocenters. The van der Waals surface area contributed by atoms with Gasteiger partial charge in [-0.05, 0) is 25.0 Å². The lowest BCUT2D eigenvalue weighted by atomic mass is 10.1. The van der Waals surface area contributed by atoms with Gasteiger partial charge in [-0.3, -0.25) is 9.59 Å². The molecule has 0 aromatic rings. The molecule has 1 fully saturated rings. The molecule has 0 aliphatic carbocycles. The Kier molecular flexibility index (Phi) is 7.12. The molecule has 0 saturated carbocycles. The number of ether oxygens (including phenoxy) is 1. The molecule has 1 saturated heterocycles. The number of hydrogen-bond acceptors (Lipinski definition) is 5. The molecule has 6 heteroatoms. The lowest BCUT2D eigenvalue weighted by Crippen LogP contribution is -2.44. The van der Waals surface area contributed by atoms with Gasteiger partial charge in [-0.25, -0.2) is 0 Å². The van der Waals surface area contributed by atoms with Crippen molar-refractivity contribution >= 4 is 23.6 Å². The number of piperidine rings is 1. The number of nitrogens with zero attached hydrogens (tertiary/aromatic N) is 1. The summed E-state index contributed by atoms with van der Waals surface area (Å²) >= 11 is 1.84. The number of hydrogen-bond donors (Lipinski definition) is 1. The maximum Gasteiger partial charge on any atom is 0.305 e. The summed E-state index contributed by atoms with van der Waals surface area (Å²) in [7, 11) is 1.41. The first-order valence-corrected chi connectivity index (χ1v) is 7.38. The summed E-state index contributed by atoms with van der Waals surface area (Å²) in [5.41, 5.74) is 5.37. The molecular formula is C12H22N2O3S. The number of thioether (sulfide) groups is 1. The van der Waals surface area contributed by atoms with Crippen molar-refractivity contribution in [3.63, 3.8) is 0 Å². The molecule has 1 heterocycles. The molecule has 5 nitrogen and oxygen atoms in total. The van der Waals surface area contributed by atoms with E-state index in [-0.39, 0.29) is 18.4 Å². The van der Waals surface area contributed by atoms with Crippen molar-refractivity contribution in [2.45, 2.75) is 30.9 Å². The highest BCUT2D eigenvalue weighted by molar-refractivity contribution is 7.99. The maximum absolute atomic E-state index is 11.5. The van der Waals surface area contributed by atoms with Crippen molar-refractivity contribution in [2.75, 3.05) is 32.5 Å². The summed E-state index contributed by atoms with van der Waals surface area (Å²) in [6.07, 6.45) is 3.48.